The first-order valence-corrected chi connectivity index (χ1v) is 11.7. The number of azo groups is 1. The van der Waals surface area contributed by atoms with E-state index in [-0.39, 0.29) is 11.8 Å². The summed E-state index contributed by atoms with van der Waals surface area (Å²) < 4.78 is 14.3. The van der Waals surface area contributed by atoms with E-state index in [1.165, 1.54) is 5.56 Å². The third-order valence-electron chi connectivity index (χ3n) is 6.45. The summed E-state index contributed by atoms with van der Waals surface area (Å²) in [6, 6.07) is 21.6. The molecule has 2 atom stereocenters. The lowest BCUT2D eigenvalue weighted by atomic mass is 9.78. The molecule has 0 amide bonds. The maximum atomic E-state index is 6.26. The maximum absolute atomic E-state index is 6.26. The van der Waals surface area contributed by atoms with Crippen molar-refractivity contribution in [3.05, 3.63) is 94.1 Å². The maximum Gasteiger partial charge on any atom is 0.220 e. The minimum Gasteiger partial charge on any atom is -0.493 e. The zero-order chi connectivity index (χ0) is 23.2. The summed E-state index contributed by atoms with van der Waals surface area (Å²) in [4.78, 5) is 0. The second kappa shape index (κ2) is 8.29. The molecule has 3 aromatic carbocycles. The summed E-state index contributed by atoms with van der Waals surface area (Å²) >= 11 is 5.97. The van der Waals surface area contributed by atoms with Crippen LogP contribution in [-0.4, -0.2) is 23.0 Å². The van der Waals surface area contributed by atoms with Gasteiger partial charge in [-0.25, -0.2) is 4.68 Å². The fourth-order valence-corrected chi connectivity index (χ4v) is 4.87. The Morgan fingerprint density at radius 2 is 1.59 bits per heavy atom. The summed E-state index contributed by atoms with van der Waals surface area (Å²) in [7, 11) is 0. The molecule has 1 aromatic heterocycles. The molecule has 2 aliphatic heterocycles. The number of rotatable bonds is 3. The Hall–Kier alpha value is -3.64. The minimum atomic E-state index is 0.123. The largest absolute Gasteiger partial charge is 0.493 e. The Morgan fingerprint density at radius 1 is 0.882 bits per heavy atom. The van der Waals surface area contributed by atoms with Crippen LogP contribution in [0.15, 0.2) is 77.0 Å². The van der Waals surface area contributed by atoms with Crippen LogP contribution in [0.2, 0.25) is 5.02 Å². The Kier molecular flexibility index (Phi) is 5.11. The van der Waals surface area contributed by atoms with Crippen molar-refractivity contribution < 1.29 is 9.47 Å². The Morgan fingerprint density at radius 3 is 2.38 bits per heavy atom. The zero-order valence-corrected chi connectivity index (χ0v) is 19.7. The van der Waals surface area contributed by atoms with Gasteiger partial charge in [-0.1, -0.05) is 29.3 Å². The second-order valence-electron chi connectivity index (χ2n) is 8.81. The molecule has 0 aliphatic carbocycles. The van der Waals surface area contributed by atoms with Crippen LogP contribution >= 0.6 is 11.6 Å². The van der Waals surface area contributed by atoms with Crippen LogP contribution in [0.5, 0.6) is 11.6 Å². The Bertz CT molecular complexity index is 1390. The van der Waals surface area contributed by atoms with E-state index in [0.29, 0.717) is 18.2 Å². The van der Waals surface area contributed by atoms with Gasteiger partial charge < -0.3 is 9.47 Å². The smallest absolute Gasteiger partial charge is 0.220 e. The standard InChI is InChI=1S/C27H23ClN4O2/c1-16-3-10-22(11-4-16)32-27-25(17(2)31-32)26-18(15-34-27)14-33-24-12-9-21(13-23(24)26)30-29-20-7-5-19(28)6-8-20/h3-13,18,26H,14-15H2,1-2H3/t18-,26+/m0/s1. The van der Waals surface area contributed by atoms with Crippen molar-refractivity contribution in [2.45, 2.75) is 19.8 Å². The minimum absolute atomic E-state index is 0.123. The molecule has 0 saturated heterocycles. The van der Waals surface area contributed by atoms with Gasteiger partial charge in [-0.2, -0.15) is 15.3 Å². The van der Waals surface area contributed by atoms with Crippen molar-refractivity contribution in [1.29, 1.82) is 0 Å². The van der Waals surface area contributed by atoms with Crippen LogP contribution in [-0.2, 0) is 0 Å². The highest BCUT2D eigenvalue weighted by Gasteiger charge is 2.41. The van der Waals surface area contributed by atoms with Gasteiger partial charge >= 0.3 is 0 Å². The molecule has 0 radical (unpaired) electrons. The summed E-state index contributed by atoms with van der Waals surface area (Å²) in [5.74, 6) is 2.01. The van der Waals surface area contributed by atoms with Crippen molar-refractivity contribution in [1.82, 2.24) is 9.78 Å². The molecule has 0 bridgehead atoms. The van der Waals surface area contributed by atoms with Crippen LogP contribution < -0.4 is 9.47 Å². The lowest BCUT2D eigenvalue weighted by Crippen LogP contribution is -2.35. The third kappa shape index (κ3) is 3.64. The van der Waals surface area contributed by atoms with Crippen LogP contribution in [0, 0.1) is 19.8 Å². The summed E-state index contributed by atoms with van der Waals surface area (Å²) in [5, 5.41) is 14.4. The summed E-state index contributed by atoms with van der Waals surface area (Å²) in [5.41, 5.74) is 6.90. The van der Waals surface area contributed by atoms with E-state index in [2.05, 4.69) is 54.4 Å². The number of hydrogen-bond acceptors (Lipinski definition) is 5. The van der Waals surface area contributed by atoms with Gasteiger partial charge in [-0.05, 0) is 68.4 Å². The number of aromatic nitrogens is 2. The van der Waals surface area contributed by atoms with Crippen LogP contribution in [0.1, 0.15) is 28.3 Å². The molecule has 0 N–H and O–H groups in total. The third-order valence-corrected chi connectivity index (χ3v) is 6.70. The van der Waals surface area contributed by atoms with Crippen molar-refractivity contribution in [3.8, 4) is 17.3 Å². The lowest BCUT2D eigenvalue weighted by molar-refractivity contribution is 0.121. The Balaban J connectivity index is 1.40. The predicted octanol–water partition coefficient (Wildman–Crippen LogP) is 7.09. The number of ether oxygens (including phenoxy) is 2. The van der Waals surface area contributed by atoms with Gasteiger partial charge in [0.05, 0.1) is 36.0 Å². The number of nitrogens with zero attached hydrogens (tertiary/aromatic N) is 4. The normalized spacial score (nSPS) is 18.6. The van der Waals surface area contributed by atoms with Gasteiger partial charge in [0.1, 0.15) is 5.75 Å². The van der Waals surface area contributed by atoms with E-state index < -0.39 is 0 Å². The number of halogens is 1. The topological polar surface area (TPSA) is 61.0 Å². The molecule has 3 heterocycles. The molecule has 0 spiro atoms. The molecule has 6 rings (SSSR count). The highest BCUT2D eigenvalue weighted by molar-refractivity contribution is 6.30. The number of fused-ring (bicyclic) bond motifs is 5. The van der Waals surface area contributed by atoms with Gasteiger partial charge in [0.15, 0.2) is 0 Å². The van der Waals surface area contributed by atoms with Gasteiger partial charge in [0, 0.05) is 28.0 Å². The van der Waals surface area contributed by atoms with E-state index in [1.54, 1.807) is 12.1 Å². The molecule has 0 fully saturated rings. The van der Waals surface area contributed by atoms with Crippen molar-refractivity contribution in [2.24, 2.45) is 16.1 Å². The monoisotopic (exact) mass is 470 g/mol. The molecule has 170 valence electrons. The molecule has 34 heavy (non-hydrogen) atoms. The molecule has 2 aliphatic rings. The lowest BCUT2D eigenvalue weighted by Gasteiger charge is -2.37. The average Bonchev–Trinajstić information content (AvgIpc) is 3.20. The van der Waals surface area contributed by atoms with E-state index in [9.17, 15) is 0 Å². The van der Waals surface area contributed by atoms with Gasteiger partial charge in [0.25, 0.3) is 0 Å². The van der Waals surface area contributed by atoms with Gasteiger partial charge in [-0.15, -0.1) is 0 Å². The van der Waals surface area contributed by atoms with Crippen LogP contribution in [0.3, 0.4) is 0 Å². The van der Waals surface area contributed by atoms with Crippen molar-refractivity contribution in [3.63, 3.8) is 0 Å². The SMILES string of the molecule is Cc1ccc(-n2nc(C)c3c2OC[C@@H]2COc4ccc(N=Nc5ccc(Cl)cc5)cc4[C@H]32)cc1. The first kappa shape index (κ1) is 20.9. The number of benzene rings is 3. The van der Waals surface area contributed by atoms with E-state index in [0.717, 1.165) is 45.5 Å². The van der Waals surface area contributed by atoms with Crippen LogP contribution in [0.4, 0.5) is 11.4 Å². The quantitative estimate of drug-likeness (QED) is 0.300. The molecular formula is C27H23ClN4O2. The fourth-order valence-electron chi connectivity index (χ4n) is 4.74. The number of aryl methyl sites for hydroxylation is 2. The molecular weight excluding hydrogens is 448 g/mol. The molecule has 4 aromatic rings. The molecule has 7 heteroatoms. The highest BCUT2D eigenvalue weighted by Crippen LogP contribution is 2.49. The van der Waals surface area contributed by atoms with E-state index in [4.69, 9.17) is 26.2 Å². The van der Waals surface area contributed by atoms with Gasteiger partial charge in [0.2, 0.25) is 5.88 Å². The highest BCUT2D eigenvalue weighted by atomic mass is 35.5. The second-order valence-corrected chi connectivity index (χ2v) is 9.25. The first-order valence-electron chi connectivity index (χ1n) is 11.3. The van der Waals surface area contributed by atoms with Crippen molar-refractivity contribution in [2.75, 3.05) is 13.2 Å². The molecule has 0 unspecified atom stereocenters. The van der Waals surface area contributed by atoms with Crippen LogP contribution in [0.25, 0.3) is 5.69 Å². The predicted molar refractivity (Wildman–Crippen MR) is 131 cm³/mol. The average molecular weight is 471 g/mol. The Labute approximate surface area is 202 Å². The number of hydrogen-bond donors (Lipinski definition) is 0. The summed E-state index contributed by atoms with van der Waals surface area (Å²) in [6.45, 7) is 5.31. The fraction of sp³-hybridized carbons (Fsp3) is 0.222. The molecule has 0 saturated carbocycles. The molecule has 6 nitrogen and oxygen atoms in total. The summed E-state index contributed by atoms with van der Waals surface area (Å²) in [6.07, 6.45) is 0. The van der Waals surface area contributed by atoms with Gasteiger partial charge in [-0.3, -0.25) is 0 Å². The van der Waals surface area contributed by atoms with E-state index in [1.807, 2.05) is 28.9 Å². The zero-order valence-electron chi connectivity index (χ0n) is 18.9. The van der Waals surface area contributed by atoms with Crippen molar-refractivity contribution >= 4 is 23.0 Å². The van der Waals surface area contributed by atoms with E-state index >= 15 is 0 Å². The first-order chi connectivity index (χ1) is 16.6.